The molecule has 32 heavy (non-hydrogen) atoms. The Hall–Kier alpha value is -3.68. The van der Waals surface area contributed by atoms with Crippen molar-refractivity contribution in [3.05, 3.63) is 89.5 Å². The van der Waals surface area contributed by atoms with Crippen molar-refractivity contribution in [3.8, 4) is 0 Å². The van der Waals surface area contributed by atoms with E-state index in [9.17, 15) is 9.18 Å². The molecule has 1 heterocycles. The molecule has 0 spiro atoms. The summed E-state index contributed by atoms with van der Waals surface area (Å²) in [5.74, 6) is 0.197. The maximum absolute atomic E-state index is 13.2. The summed E-state index contributed by atoms with van der Waals surface area (Å²) >= 11 is 0. The molecule has 0 aliphatic carbocycles. The lowest BCUT2D eigenvalue weighted by atomic mass is 10.1. The molecule has 0 fully saturated rings. The van der Waals surface area contributed by atoms with Crippen LogP contribution < -0.4 is 16.0 Å². The number of guanidine groups is 1. The number of aliphatic imine (C=N–C) groups is 1. The van der Waals surface area contributed by atoms with Gasteiger partial charge in [0.1, 0.15) is 5.82 Å². The molecule has 0 bridgehead atoms. The minimum atomic E-state index is -0.338. The lowest BCUT2D eigenvalue weighted by Gasteiger charge is -2.13. The Morgan fingerprint density at radius 2 is 1.84 bits per heavy atom. The van der Waals surface area contributed by atoms with Gasteiger partial charge in [-0.25, -0.2) is 9.38 Å². The molecule has 7 nitrogen and oxygen atoms in total. The highest BCUT2D eigenvalue weighted by molar-refractivity contribution is 5.80. The standard InChI is InChI=1S/C24H29FN6O/c1-2-26-24(28-13-12-27-23(32)16-19-7-5-10-22(25)15-19)29-17-20-8-3-4-9-21(20)18-31-14-6-11-30-31/h3-11,14-15H,2,12-13,16-18H2,1H3,(H,27,32)(H2,26,28,29). The van der Waals surface area contributed by atoms with E-state index in [4.69, 9.17) is 0 Å². The third kappa shape index (κ3) is 7.54. The molecule has 2 aromatic carbocycles. The van der Waals surface area contributed by atoms with Crippen LogP contribution in [0.1, 0.15) is 23.6 Å². The first-order valence-corrected chi connectivity index (χ1v) is 10.7. The summed E-state index contributed by atoms with van der Waals surface area (Å²) in [4.78, 5) is 16.7. The summed E-state index contributed by atoms with van der Waals surface area (Å²) in [5.41, 5.74) is 2.95. The van der Waals surface area contributed by atoms with Crippen LogP contribution in [0.3, 0.4) is 0 Å². The van der Waals surface area contributed by atoms with Gasteiger partial charge in [0.2, 0.25) is 5.91 Å². The highest BCUT2D eigenvalue weighted by Crippen LogP contribution is 2.11. The van der Waals surface area contributed by atoms with Crippen LogP contribution in [0, 0.1) is 5.82 Å². The van der Waals surface area contributed by atoms with Crippen LogP contribution in [-0.2, 0) is 24.3 Å². The summed E-state index contributed by atoms with van der Waals surface area (Å²) in [6, 6.07) is 16.2. The molecule has 3 N–H and O–H groups in total. The number of carbonyl (C=O) groups is 1. The van der Waals surface area contributed by atoms with Crippen molar-refractivity contribution in [2.24, 2.45) is 4.99 Å². The number of amides is 1. The molecular formula is C24H29FN6O. The number of nitrogens with zero attached hydrogens (tertiary/aromatic N) is 3. The smallest absolute Gasteiger partial charge is 0.224 e. The van der Waals surface area contributed by atoms with Crippen molar-refractivity contribution in [2.45, 2.75) is 26.4 Å². The van der Waals surface area contributed by atoms with Crippen molar-refractivity contribution >= 4 is 11.9 Å². The first kappa shape index (κ1) is 23.0. The van der Waals surface area contributed by atoms with Crippen LogP contribution in [0.4, 0.5) is 4.39 Å². The number of benzene rings is 2. The summed E-state index contributed by atoms with van der Waals surface area (Å²) in [6.07, 6.45) is 3.86. The van der Waals surface area contributed by atoms with Gasteiger partial charge in [-0.05, 0) is 41.8 Å². The van der Waals surface area contributed by atoms with Crippen molar-refractivity contribution in [1.82, 2.24) is 25.7 Å². The minimum absolute atomic E-state index is 0.146. The van der Waals surface area contributed by atoms with Crippen molar-refractivity contribution < 1.29 is 9.18 Å². The van der Waals surface area contributed by atoms with Crippen LogP contribution in [0.5, 0.6) is 0 Å². The van der Waals surface area contributed by atoms with E-state index in [-0.39, 0.29) is 18.1 Å². The third-order valence-electron chi connectivity index (χ3n) is 4.75. The van der Waals surface area contributed by atoms with E-state index < -0.39 is 0 Å². The molecule has 0 aliphatic heterocycles. The largest absolute Gasteiger partial charge is 0.357 e. The number of halogens is 1. The minimum Gasteiger partial charge on any atom is -0.357 e. The van der Waals surface area contributed by atoms with Gasteiger partial charge in [0.05, 0.1) is 19.5 Å². The zero-order valence-electron chi connectivity index (χ0n) is 18.2. The van der Waals surface area contributed by atoms with Crippen molar-refractivity contribution in [3.63, 3.8) is 0 Å². The molecule has 0 atom stereocenters. The van der Waals surface area contributed by atoms with Crippen LogP contribution in [-0.4, -0.2) is 41.3 Å². The Balaban J connectivity index is 1.48. The number of carbonyl (C=O) groups excluding carboxylic acids is 1. The lowest BCUT2D eigenvalue weighted by molar-refractivity contribution is -0.120. The SMILES string of the molecule is CCNC(=NCc1ccccc1Cn1cccn1)NCCNC(=O)Cc1cccc(F)c1. The molecule has 3 aromatic rings. The Kier molecular flexibility index (Phi) is 8.80. The van der Waals surface area contributed by atoms with Crippen LogP contribution >= 0.6 is 0 Å². The van der Waals surface area contributed by atoms with Crippen LogP contribution in [0.15, 0.2) is 72.0 Å². The molecule has 0 aliphatic rings. The van der Waals surface area contributed by atoms with E-state index in [2.05, 4.69) is 38.2 Å². The normalized spacial score (nSPS) is 11.2. The first-order valence-electron chi connectivity index (χ1n) is 10.7. The number of rotatable bonds is 10. The average molecular weight is 437 g/mol. The van der Waals surface area contributed by atoms with E-state index >= 15 is 0 Å². The van der Waals surface area contributed by atoms with Gasteiger partial charge in [-0.3, -0.25) is 9.48 Å². The van der Waals surface area contributed by atoms with Crippen molar-refractivity contribution in [1.29, 1.82) is 0 Å². The first-order chi connectivity index (χ1) is 15.6. The summed E-state index contributed by atoms with van der Waals surface area (Å²) < 4.78 is 15.1. The fourth-order valence-electron chi connectivity index (χ4n) is 3.22. The number of aromatic nitrogens is 2. The van der Waals surface area contributed by atoms with E-state index in [1.807, 2.05) is 36.0 Å². The van der Waals surface area contributed by atoms with Gasteiger partial charge in [-0.15, -0.1) is 0 Å². The molecule has 8 heteroatoms. The lowest BCUT2D eigenvalue weighted by Crippen LogP contribution is -2.41. The maximum Gasteiger partial charge on any atom is 0.224 e. The molecule has 0 saturated carbocycles. The Labute approximate surface area is 187 Å². The second-order valence-electron chi connectivity index (χ2n) is 7.25. The Morgan fingerprint density at radius 3 is 2.59 bits per heavy atom. The average Bonchev–Trinajstić information content (AvgIpc) is 3.29. The Morgan fingerprint density at radius 1 is 1.03 bits per heavy atom. The number of hydrogen-bond acceptors (Lipinski definition) is 3. The fraction of sp³-hybridized carbons (Fsp3) is 0.292. The molecule has 168 valence electrons. The molecule has 0 radical (unpaired) electrons. The van der Waals surface area contributed by atoms with E-state index in [0.717, 1.165) is 12.1 Å². The van der Waals surface area contributed by atoms with Gasteiger partial charge in [-0.1, -0.05) is 36.4 Å². The summed E-state index contributed by atoms with van der Waals surface area (Å²) in [7, 11) is 0. The van der Waals surface area contributed by atoms with Crippen molar-refractivity contribution in [2.75, 3.05) is 19.6 Å². The monoisotopic (exact) mass is 436 g/mol. The highest BCUT2D eigenvalue weighted by Gasteiger charge is 2.06. The Bertz CT molecular complexity index is 1020. The maximum atomic E-state index is 13.2. The van der Waals surface area contributed by atoms with Gasteiger partial charge in [0, 0.05) is 32.0 Å². The van der Waals surface area contributed by atoms with E-state index in [0.29, 0.717) is 37.7 Å². The van der Waals surface area contributed by atoms with Gasteiger partial charge in [0.15, 0.2) is 5.96 Å². The molecule has 0 saturated heterocycles. The third-order valence-corrected chi connectivity index (χ3v) is 4.75. The topological polar surface area (TPSA) is 83.3 Å². The molecule has 1 amide bonds. The second-order valence-corrected chi connectivity index (χ2v) is 7.25. The van der Waals surface area contributed by atoms with Gasteiger partial charge >= 0.3 is 0 Å². The highest BCUT2D eigenvalue weighted by atomic mass is 19.1. The van der Waals surface area contributed by atoms with Crippen LogP contribution in [0.2, 0.25) is 0 Å². The van der Waals surface area contributed by atoms with Gasteiger partial charge in [-0.2, -0.15) is 5.10 Å². The molecule has 1 aromatic heterocycles. The van der Waals surface area contributed by atoms with E-state index in [1.165, 1.54) is 17.7 Å². The van der Waals surface area contributed by atoms with E-state index in [1.54, 1.807) is 18.3 Å². The predicted octanol–water partition coefficient (Wildman–Crippen LogP) is 2.48. The zero-order chi connectivity index (χ0) is 22.6. The quantitative estimate of drug-likeness (QED) is 0.259. The predicted molar refractivity (Wildman–Crippen MR) is 124 cm³/mol. The van der Waals surface area contributed by atoms with Gasteiger partial charge in [0.25, 0.3) is 0 Å². The molecule has 0 unspecified atom stereocenters. The molecule has 3 rings (SSSR count). The molecular weight excluding hydrogens is 407 g/mol. The van der Waals surface area contributed by atoms with Gasteiger partial charge < -0.3 is 16.0 Å². The zero-order valence-corrected chi connectivity index (χ0v) is 18.2. The summed E-state index contributed by atoms with van der Waals surface area (Å²) in [6.45, 7) is 4.92. The van der Waals surface area contributed by atoms with Crippen LogP contribution in [0.25, 0.3) is 0 Å². The fourth-order valence-corrected chi connectivity index (χ4v) is 3.22. The second kappa shape index (κ2) is 12.2. The number of hydrogen-bond donors (Lipinski definition) is 3. The number of nitrogens with one attached hydrogen (secondary N) is 3. The summed E-state index contributed by atoms with van der Waals surface area (Å²) in [5, 5.41) is 13.6.